The normalized spacial score (nSPS) is 16.7. The molecule has 1 heterocycles. The maximum Gasteiger partial charge on any atom is 0.273 e. The molecule has 0 saturated carbocycles. The van der Waals surface area contributed by atoms with E-state index in [0.29, 0.717) is 17.2 Å². The second-order valence-electron chi connectivity index (χ2n) is 7.37. The molecule has 1 N–H and O–H groups in total. The molecule has 1 aromatic heterocycles. The van der Waals surface area contributed by atoms with Crippen molar-refractivity contribution in [2.45, 2.75) is 38.0 Å². The van der Waals surface area contributed by atoms with Crippen LogP contribution in [0.25, 0.3) is 11.0 Å². The van der Waals surface area contributed by atoms with Crippen LogP contribution in [0.3, 0.4) is 0 Å². The summed E-state index contributed by atoms with van der Waals surface area (Å²) >= 11 is 0. The van der Waals surface area contributed by atoms with Crippen molar-refractivity contribution in [3.8, 4) is 0 Å². The maximum absolute atomic E-state index is 12.7. The molecule has 7 nitrogen and oxygen atoms in total. The molecule has 146 valence electrons. The zero-order chi connectivity index (χ0) is 20.1. The number of furan rings is 1. The van der Waals surface area contributed by atoms with E-state index in [9.17, 15) is 18.5 Å². The van der Waals surface area contributed by atoms with E-state index < -0.39 is 14.9 Å². The molecule has 1 aliphatic carbocycles. The van der Waals surface area contributed by atoms with Crippen molar-refractivity contribution in [2.75, 3.05) is 4.72 Å². The van der Waals surface area contributed by atoms with E-state index in [0.717, 1.165) is 47.6 Å². The Morgan fingerprint density at radius 1 is 1.21 bits per heavy atom. The Hall–Kier alpha value is -2.87. The summed E-state index contributed by atoms with van der Waals surface area (Å²) in [5.74, 6) is 1.53. The summed E-state index contributed by atoms with van der Waals surface area (Å²) in [5.41, 5.74) is 2.46. The van der Waals surface area contributed by atoms with Gasteiger partial charge in [-0.05, 0) is 49.9 Å². The van der Waals surface area contributed by atoms with E-state index in [-0.39, 0.29) is 10.6 Å². The van der Waals surface area contributed by atoms with E-state index in [1.165, 1.54) is 12.1 Å². The number of aryl methyl sites for hydroxylation is 2. The molecule has 1 aliphatic rings. The van der Waals surface area contributed by atoms with Gasteiger partial charge >= 0.3 is 0 Å². The Kier molecular flexibility index (Phi) is 4.38. The summed E-state index contributed by atoms with van der Waals surface area (Å²) < 4.78 is 33.9. The zero-order valence-corrected chi connectivity index (χ0v) is 16.4. The van der Waals surface area contributed by atoms with E-state index in [1.807, 2.05) is 0 Å². The van der Waals surface area contributed by atoms with Crippen LogP contribution in [0.1, 0.15) is 30.2 Å². The molecule has 0 amide bonds. The Labute approximate surface area is 162 Å². The molecule has 0 bridgehead atoms. The number of hydrogen-bond acceptors (Lipinski definition) is 5. The number of anilines is 1. The Bertz CT molecular complexity index is 1200. The maximum atomic E-state index is 12.7. The average molecular weight is 400 g/mol. The van der Waals surface area contributed by atoms with Gasteiger partial charge in [0.2, 0.25) is 0 Å². The molecule has 0 spiro atoms. The number of rotatable bonds is 4. The van der Waals surface area contributed by atoms with Crippen LogP contribution in [0.2, 0.25) is 0 Å². The van der Waals surface area contributed by atoms with Crippen molar-refractivity contribution in [1.82, 2.24) is 0 Å². The highest BCUT2D eigenvalue weighted by Gasteiger charge is 2.23. The molecule has 4 rings (SSSR count). The number of hydrogen-bond donors (Lipinski definition) is 1. The van der Waals surface area contributed by atoms with Gasteiger partial charge in [0.05, 0.1) is 9.82 Å². The molecule has 0 radical (unpaired) electrons. The minimum Gasteiger partial charge on any atom is -0.461 e. The third-order valence-corrected chi connectivity index (χ3v) is 6.61. The van der Waals surface area contributed by atoms with Crippen LogP contribution in [0.5, 0.6) is 0 Å². The number of benzene rings is 2. The van der Waals surface area contributed by atoms with Gasteiger partial charge in [-0.2, -0.15) is 0 Å². The first-order chi connectivity index (χ1) is 13.2. The molecule has 3 aromatic rings. The van der Waals surface area contributed by atoms with Crippen LogP contribution >= 0.6 is 0 Å². The second-order valence-corrected chi connectivity index (χ2v) is 9.06. The molecule has 0 saturated heterocycles. The van der Waals surface area contributed by atoms with Gasteiger partial charge < -0.3 is 4.42 Å². The van der Waals surface area contributed by atoms with E-state index in [2.05, 4.69) is 11.6 Å². The smallest absolute Gasteiger partial charge is 0.273 e. The van der Waals surface area contributed by atoms with Crippen LogP contribution < -0.4 is 4.72 Å². The van der Waals surface area contributed by atoms with Crippen LogP contribution in [0.4, 0.5) is 11.4 Å². The Morgan fingerprint density at radius 3 is 2.75 bits per heavy atom. The predicted molar refractivity (Wildman–Crippen MR) is 106 cm³/mol. The molecule has 0 aliphatic heterocycles. The van der Waals surface area contributed by atoms with Crippen LogP contribution in [-0.4, -0.2) is 13.3 Å². The minimum atomic E-state index is -3.95. The van der Waals surface area contributed by atoms with Crippen LogP contribution in [0, 0.1) is 23.0 Å². The van der Waals surface area contributed by atoms with Crippen molar-refractivity contribution >= 4 is 32.4 Å². The summed E-state index contributed by atoms with van der Waals surface area (Å²) in [7, 11) is -3.95. The summed E-state index contributed by atoms with van der Waals surface area (Å²) in [6, 6.07) is 9.05. The number of nitrogens with one attached hydrogen (secondary N) is 1. The fourth-order valence-electron chi connectivity index (χ4n) is 3.68. The average Bonchev–Trinajstić information content (AvgIpc) is 2.98. The molecular formula is C20H20N2O5S. The highest BCUT2D eigenvalue weighted by molar-refractivity contribution is 7.92. The molecular weight excluding hydrogens is 380 g/mol. The number of nitro benzene ring substituents is 1. The quantitative estimate of drug-likeness (QED) is 0.510. The zero-order valence-electron chi connectivity index (χ0n) is 15.6. The third kappa shape index (κ3) is 3.24. The van der Waals surface area contributed by atoms with E-state index >= 15 is 0 Å². The van der Waals surface area contributed by atoms with E-state index in [1.54, 1.807) is 25.1 Å². The standard InChI is InChI=1S/C20H20N2O5S/c1-12-3-7-19-16(9-12)17-10-14(5-8-20(17)27-19)21-28(25,26)15-6-4-13(2)18(11-15)22(23)24/h4-6,8,10-12,21H,3,7,9H2,1-2H3. The van der Waals surface area contributed by atoms with Crippen molar-refractivity contribution in [3.63, 3.8) is 0 Å². The summed E-state index contributed by atoms with van der Waals surface area (Å²) in [6.45, 7) is 3.76. The Morgan fingerprint density at radius 2 is 2.00 bits per heavy atom. The predicted octanol–water partition coefficient (Wildman–Crippen LogP) is 4.58. The highest BCUT2D eigenvalue weighted by atomic mass is 32.2. The van der Waals surface area contributed by atoms with Crippen molar-refractivity contribution in [3.05, 3.63) is 63.4 Å². The molecule has 1 atom stereocenters. The van der Waals surface area contributed by atoms with Gasteiger partial charge in [-0.1, -0.05) is 13.0 Å². The lowest BCUT2D eigenvalue weighted by Gasteiger charge is -2.16. The number of nitro groups is 1. The van der Waals surface area contributed by atoms with Crippen LogP contribution in [0.15, 0.2) is 45.7 Å². The molecule has 0 fully saturated rings. The van der Waals surface area contributed by atoms with Gasteiger partial charge in [-0.3, -0.25) is 14.8 Å². The largest absolute Gasteiger partial charge is 0.461 e. The fourth-order valence-corrected chi connectivity index (χ4v) is 4.75. The topological polar surface area (TPSA) is 102 Å². The molecule has 28 heavy (non-hydrogen) atoms. The lowest BCUT2D eigenvalue weighted by Crippen LogP contribution is -2.13. The molecule has 2 aromatic carbocycles. The van der Waals surface area contributed by atoms with Crippen LogP contribution in [-0.2, 0) is 22.9 Å². The fraction of sp³-hybridized carbons (Fsp3) is 0.300. The first kappa shape index (κ1) is 18.5. The monoisotopic (exact) mass is 400 g/mol. The lowest BCUT2D eigenvalue weighted by atomic mass is 9.88. The van der Waals surface area contributed by atoms with Gasteiger partial charge in [0.1, 0.15) is 11.3 Å². The number of sulfonamides is 1. The second kappa shape index (κ2) is 6.63. The van der Waals surface area contributed by atoms with Gasteiger partial charge in [0.25, 0.3) is 15.7 Å². The number of nitrogens with zero attached hydrogens (tertiary/aromatic N) is 1. The van der Waals surface area contributed by atoms with E-state index in [4.69, 9.17) is 4.42 Å². The van der Waals surface area contributed by atoms with Crippen molar-refractivity contribution < 1.29 is 17.8 Å². The SMILES string of the molecule is Cc1ccc(S(=O)(=O)Nc2ccc3oc4c(c3c2)CC(C)CC4)cc1[N+](=O)[O-]. The molecule has 8 heteroatoms. The van der Waals surface area contributed by atoms with Gasteiger partial charge in [0, 0.05) is 34.7 Å². The minimum absolute atomic E-state index is 0.146. The third-order valence-electron chi connectivity index (χ3n) is 5.23. The summed E-state index contributed by atoms with van der Waals surface area (Å²) in [5, 5.41) is 12.0. The van der Waals surface area contributed by atoms with Gasteiger partial charge in [0.15, 0.2) is 0 Å². The highest BCUT2D eigenvalue weighted by Crippen LogP contribution is 2.35. The van der Waals surface area contributed by atoms with Gasteiger partial charge in [-0.15, -0.1) is 0 Å². The van der Waals surface area contributed by atoms with Crippen molar-refractivity contribution in [2.24, 2.45) is 5.92 Å². The Balaban J connectivity index is 1.70. The lowest BCUT2D eigenvalue weighted by molar-refractivity contribution is -0.385. The first-order valence-corrected chi connectivity index (χ1v) is 10.5. The molecule has 1 unspecified atom stereocenters. The first-order valence-electron chi connectivity index (χ1n) is 9.07. The van der Waals surface area contributed by atoms with Crippen molar-refractivity contribution in [1.29, 1.82) is 0 Å². The van der Waals surface area contributed by atoms with Gasteiger partial charge in [-0.25, -0.2) is 8.42 Å². The summed E-state index contributed by atoms with van der Waals surface area (Å²) in [4.78, 5) is 10.4. The number of fused-ring (bicyclic) bond motifs is 3. The summed E-state index contributed by atoms with van der Waals surface area (Å²) in [6.07, 6.45) is 2.88.